The predicted octanol–water partition coefficient (Wildman–Crippen LogP) is 4.37. The molecular weight excluding hydrogens is 232 g/mol. The molecule has 1 rings (SSSR count). The van der Waals surface area contributed by atoms with Crippen LogP contribution in [-0.4, -0.2) is 19.6 Å². The van der Waals surface area contributed by atoms with E-state index < -0.39 is 0 Å². The van der Waals surface area contributed by atoms with Gasteiger partial charge in [-0.05, 0) is 44.9 Å². The van der Waals surface area contributed by atoms with E-state index in [1.54, 1.807) is 0 Å². The Morgan fingerprint density at radius 1 is 1.11 bits per heavy atom. The number of nitrogens with one attached hydrogen (secondary N) is 1. The fourth-order valence-corrected chi connectivity index (χ4v) is 2.49. The topological polar surface area (TPSA) is 15.3 Å². The number of hydrogen-bond acceptors (Lipinski definition) is 2. The van der Waals surface area contributed by atoms with E-state index in [4.69, 9.17) is 0 Å². The molecule has 19 heavy (non-hydrogen) atoms. The van der Waals surface area contributed by atoms with Crippen LogP contribution in [0, 0.1) is 0 Å². The maximum absolute atomic E-state index is 3.59. The molecule has 1 N–H and O–H groups in total. The quantitative estimate of drug-likeness (QED) is 0.748. The molecule has 0 aliphatic carbocycles. The monoisotopic (exact) mass is 262 g/mol. The Balaban J connectivity index is 2.88. The molecule has 0 aliphatic rings. The van der Waals surface area contributed by atoms with Crippen LogP contribution >= 0.6 is 0 Å². The number of hydrogen-bond donors (Lipinski definition) is 1. The maximum Gasteiger partial charge on any atom is 0.0414 e. The second-order valence-corrected chi connectivity index (χ2v) is 5.48. The number of benzene rings is 1. The van der Waals surface area contributed by atoms with Gasteiger partial charge in [0.1, 0.15) is 0 Å². The molecule has 0 spiro atoms. The summed E-state index contributed by atoms with van der Waals surface area (Å²) in [6.07, 6.45) is 3.65. The van der Waals surface area contributed by atoms with Crippen LogP contribution in [-0.2, 0) is 0 Å². The predicted molar refractivity (Wildman–Crippen MR) is 85.9 cm³/mol. The summed E-state index contributed by atoms with van der Waals surface area (Å²) in [4.78, 5) is 2.42. The zero-order chi connectivity index (χ0) is 14.3. The molecule has 0 fully saturated rings. The van der Waals surface area contributed by atoms with E-state index in [-0.39, 0.29) is 0 Å². The summed E-state index contributed by atoms with van der Waals surface area (Å²) >= 11 is 0. The third-order valence-electron chi connectivity index (χ3n) is 3.85. The molecule has 2 atom stereocenters. The van der Waals surface area contributed by atoms with Crippen LogP contribution in [0.15, 0.2) is 24.3 Å². The van der Waals surface area contributed by atoms with Gasteiger partial charge in [0.15, 0.2) is 0 Å². The second-order valence-electron chi connectivity index (χ2n) is 5.48. The molecule has 0 aliphatic heterocycles. The Morgan fingerprint density at radius 2 is 1.79 bits per heavy atom. The van der Waals surface area contributed by atoms with Gasteiger partial charge in [0, 0.05) is 24.8 Å². The summed E-state index contributed by atoms with van der Waals surface area (Å²) in [5.74, 6) is 0. The molecule has 0 saturated heterocycles. The first-order valence-electron chi connectivity index (χ1n) is 7.66. The van der Waals surface area contributed by atoms with Gasteiger partial charge in [0.05, 0.1) is 0 Å². The zero-order valence-corrected chi connectivity index (χ0v) is 13.2. The van der Waals surface area contributed by atoms with E-state index in [2.05, 4.69) is 69.2 Å². The Morgan fingerprint density at radius 3 is 2.42 bits per heavy atom. The highest BCUT2D eigenvalue weighted by molar-refractivity contribution is 5.55. The lowest BCUT2D eigenvalue weighted by atomic mass is 10.0. The molecular formula is C17H30N2. The second kappa shape index (κ2) is 8.21. The molecule has 2 heteroatoms. The van der Waals surface area contributed by atoms with E-state index in [1.807, 2.05) is 0 Å². The number of nitrogens with zero attached hydrogens (tertiary/aromatic N) is 1. The first-order valence-corrected chi connectivity index (χ1v) is 7.66. The van der Waals surface area contributed by atoms with Crippen LogP contribution in [0.3, 0.4) is 0 Å². The molecule has 108 valence electrons. The van der Waals surface area contributed by atoms with Crippen LogP contribution in [0.2, 0.25) is 0 Å². The van der Waals surface area contributed by atoms with Gasteiger partial charge in [-0.25, -0.2) is 0 Å². The van der Waals surface area contributed by atoms with E-state index >= 15 is 0 Å². The van der Waals surface area contributed by atoms with Crippen molar-refractivity contribution in [2.45, 2.75) is 59.0 Å². The van der Waals surface area contributed by atoms with Crippen molar-refractivity contribution < 1.29 is 0 Å². The van der Waals surface area contributed by atoms with Gasteiger partial charge in [-0.15, -0.1) is 0 Å². The van der Waals surface area contributed by atoms with Gasteiger partial charge in [-0.3, -0.25) is 0 Å². The van der Waals surface area contributed by atoms with E-state index in [1.165, 1.54) is 30.5 Å². The van der Waals surface area contributed by atoms with Gasteiger partial charge in [-0.2, -0.15) is 0 Å². The van der Waals surface area contributed by atoms with Gasteiger partial charge in [0.2, 0.25) is 0 Å². The summed E-state index contributed by atoms with van der Waals surface area (Å²) in [6, 6.07) is 9.77. The smallest absolute Gasteiger partial charge is 0.0414 e. The summed E-state index contributed by atoms with van der Waals surface area (Å²) in [6.45, 7) is 10.1. The first-order chi connectivity index (χ1) is 9.11. The molecule has 0 saturated carbocycles. The minimum atomic E-state index is 0.410. The fraction of sp³-hybridized carbons (Fsp3) is 0.647. The molecule has 0 heterocycles. The van der Waals surface area contributed by atoms with E-state index in [9.17, 15) is 0 Å². The SMILES string of the molecule is CCCNC(C)c1ccccc1N(C)C(C)CCC. The number of rotatable bonds is 8. The Labute approximate surface area is 119 Å². The van der Waals surface area contributed by atoms with Crippen LogP contribution in [0.25, 0.3) is 0 Å². The summed E-state index contributed by atoms with van der Waals surface area (Å²) in [5, 5.41) is 3.59. The minimum Gasteiger partial charge on any atom is -0.372 e. The van der Waals surface area contributed by atoms with Crippen LogP contribution in [0.1, 0.15) is 58.6 Å². The van der Waals surface area contributed by atoms with Crippen LogP contribution in [0.4, 0.5) is 5.69 Å². The number of para-hydroxylation sites is 1. The third kappa shape index (κ3) is 4.54. The molecule has 2 unspecified atom stereocenters. The van der Waals surface area contributed by atoms with Crippen molar-refractivity contribution >= 4 is 5.69 Å². The zero-order valence-electron chi connectivity index (χ0n) is 13.2. The van der Waals surface area contributed by atoms with Crippen LogP contribution < -0.4 is 10.2 Å². The molecule has 0 amide bonds. The molecule has 2 nitrogen and oxygen atoms in total. The lowest BCUT2D eigenvalue weighted by molar-refractivity contribution is 0.563. The highest BCUT2D eigenvalue weighted by Crippen LogP contribution is 2.27. The Bertz CT molecular complexity index is 362. The van der Waals surface area contributed by atoms with Crippen molar-refractivity contribution in [1.29, 1.82) is 0 Å². The van der Waals surface area contributed by atoms with Gasteiger partial charge in [-0.1, -0.05) is 38.5 Å². The molecule has 1 aromatic carbocycles. The highest BCUT2D eigenvalue weighted by Gasteiger charge is 2.15. The maximum atomic E-state index is 3.59. The van der Waals surface area contributed by atoms with Crippen molar-refractivity contribution in [3.05, 3.63) is 29.8 Å². The Kier molecular flexibility index (Phi) is 6.93. The average Bonchev–Trinajstić information content (AvgIpc) is 2.44. The summed E-state index contributed by atoms with van der Waals surface area (Å²) in [5.41, 5.74) is 2.76. The number of anilines is 1. The normalized spacial score (nSPS) is 14.2. The third-order valence-corrected chi connectivity index (χ3v) is 3.85. The van der Waals surface area contributed by atoms with Crippen molar-refractivity contribution in [1.82, 2.24) is 5.32 Å². The highest BCUT2D eigenvalue weighted by atomic mass is 15.1. The van der Waals surface area contributed by atoms with E-state index in [0.717, 1.165) is 6.54 Å². The van der Waals surface area contributed by atoms with Crippen molar-refractivity contribution in [3.8, 4) is 0 Å². The standard InChI is InChI=1S/C17H30N2/c1-6-10-14(3)19(5)17-12-9-8-11-16(17)15(4)18-13-7-2/h8-9,11-12,14-15,18H,6-7,10,13H2,1-5H3. The molecule has 0 aromatic heterocycles. The van der Waals surface area contributed by atoms with Crippen molar-refractivity contribution in [2.75, 3.05) is 18.5 Å². The summed E-state index contributed by atoms with van der Waals surface area (Å²) < 4.78 is 0. The van der Waals surface area contributed by atoms with Crippen LogP contribution in [0.5, 0.6) is 0 Å². The largest absolute Gasteiger partial charge is 0.372 e. The lowest BCUT2D eigenvalue weighted by Gasteiger charge is -2.30. The van der Waals surface area contributed by atoms with Gasteiger partial charge in [0.25, 0.3) is 0 Å². The van der Waals surface area contributed by atoms with Gasteiger partial charge >= 0.3 is 0 Å². The molecule has 0 radical (unpaired) electrons. The Hall–Kier alpha value is -1.02. The first kappa shape index (κ1) is 16.0. The molecule has 1 aromatic rings. The molecule has 0 bridgehead atoms. The van der Waals surface area contributed by atoms with Gasteiger partial charge < -0.3 is 10.2 Å². The van der Waals surface area contributed by atoms with Crippen molar-refractivity contribution in [3.63, 3.8) is 0 Å². The summed E-state index contributed by atoms with van der Waals surface area (Å²) in [7, 11) is 2.21. The minimum absolute atomic E-state index is 0.410. The van der Waals surface area contributed by atoms with Crippen molar-refractivity contribution in [2.24, 2.45) is 0 Å². The lowest BCUT2D eigenvalue weighted by Crippen LogP contribution is -2.31. The van der Waals surface area contributed by atoms with E-state index in [0.29, 0.717) is 12.1 Å². The fourth-order valence-electron chi connectivity index (χ4n) is 2.49. The average molecular weight is 262 g/mol.